The highest BCUT2D eigenvalue weighted by Gasteiger charge is 2.10. The summed E-state index contributed by atoms with van der Waals surface area (Å²) in [6.07, 6.45) is 0. The van der Waals surface area contributed by atoms with Gasteiger partial charge in [-0.3, -0.25) is 0 Å². The van der Waals surface area contributed by atoms with Gasteiger partial charge in [0, 0.05) is 23.2 Å². The fraction of sp³-hybridized carbons (Fsp3) is 0.250. The number of hydrogen-bond donors (Lipinski definition) is 1. The average Bonchev–Trinajstić information content (AvgIpc) is 2.46. The zero-order valence-corrected chi connectivity index (χ0v) is 12.2. The number of benzene rings is 2. The Balaban J connectivity index is 2.05. The Hall–Kier alpha value is -1.58. The van der Waals surface area contributed by atoms with E-state index in [0.29, 0.717) is 17.1 Å². The molecule has 0 spiro atoms. The molecular formula is C16H17ClFNO. The quantitative estimate of drug-likeness (QED) is 0.885. The molecule has 0 radical (unpaired) electrons. The molecule has 1 N–H and O–H groups in total. The standard InChI is InChI=1S/C16H17ClFNO/c1-11(12-5-3-7-14(17)9-12)19-10-13-6-4-8-15(20-2)16(13)18/h3-9,11,19H,10H2,1-2H3/t11-/m0/s1. The average molecular weight is 294 g/mol. The molecule has 4 heteroatoms. The van der Waals surface area contributed by atoms with Gasteiger partial charge in [0.05, 0.1) is 7.11 Å². The predicted molar refractivity (Wildman–Crippen MR) is 79.7 cm³/mol. The first kappa shape index (κ1) is 14.8. The van der Waals surface area contributed by atoms with Crippen LogP contribution in [0.3, 0.4) is 0 Å². The van der Waals surface area contributed by atoms with Crippen LogP contribution in [0.5, 0.6) is 5.75 Å². The largest absolute Gasteiger partial charge is 0.494 e. The Morgan fingerprint density at radius 2 is 2.00 bits per heavy atom. The second-order valence-corrected chi connectivity index (χ2v) is 5.03. The Kier molecular flexibility index (Phi) is 4.99. The van der Waals surface area contributed by atoms with Gasteiger partial charge < -0.3 is 10.1 Å². The van der Waals surface area contributed by atoms with E-state index in [9.17, 15) is 4.39 Å². The summed E-state index contributed by atoms with van der Waals surface area (Å²) in [7, 11) is 1.46. The SMILES string of the molecule is COc1cccc(CN[C@@H](C)c2cccc(Cl)c2)c1F. The molecule has 1 atom stereocenters. The van der Waals surface area contributed by atoms with Gasteiger partial charge in [-0.1, -0.05) is 35.9 Å². The van der Waals surface area contributed by atoms with E-state index in [0.717, 1.165) is 5.56 Å². The third kappa shape index (κ3) is 3.50. The van der Waals surface area contributed by atoms with Gasteiger partial charge in [0.25, 0.3) is 0 Å². The highest BCUT2D eigenvalue weighted by molar-refractivity contribution is 6.30. The van der Waals surface area contributed by atoms with E-state index in [1.807, 2.05) is 31.2 Å². The number of ether oxygens (including phenoxy) is 1. The molecule has 0 saturated heterocycles. The van der Waals surface area contributed by atoms with Crippen molar-refractivity contribution in [2.45, 2.75) is 19.5 Å². The molecule has 0 unspecified atom stereocenters. The summed E-state index contributed by atoms with van der Waals surface area (Å²) < 4.78 is 19.0. The van der Waals surface area contributed by atoms with E-state index in [2.05, 4.69) is 5.32 Å². The van der Waals surface area contributed by atoms with Gasteiger partial charge in [-0.15, -0.1) is 0 Å². The molecule has 0 amide bonds. The second kappa shape index (κ2) is 6.73. The van der Waals surface area contributed by atoms with Crippen LogP contribution < -0.4 is 10.1 Å². The topological polar surface area (TPSA) is 21.3 Å². The number of nitrogens with one attached hydrogen (secondary N) is 1. The Morgan fingerprint density at radius 3 is 2.70 bits per heavy atom. The van der Waals surface area contributed by atoms with E-state index < -0.39 is 0 Å². The third-order valence-corrected chi connectivity index (χ3v) is 3.45. The zero-order chi connectivity index (χ0) is 14.5. The van der Waals surface area contributed by atoms with Crippen molar-refractivity contribution in [3.05, 3.63) is 64.4 Å². The first-order chi connectivity index (χ1) is 9.61. The maximum atomic E-state index is 14.0. The van der Waals surface area contributed by atoms with E-state index in [1.165, 1.54) is 7.11 Å². The third-order valence-electron chi connectivity index (χ3n) is 3.21. The van der Waals surface area contributed by atoms with E-state index in [1.54, 1.807) is 18.2 Å². The summed E-state index contributed by atoms with van der Waals surface area (Å²) >= 11 is 5.97. The Morgan fingerprint density at radius 1 is 1.25 bits per heavy atom. The van der Waals surface area contributed by atoms with Gasteiger partial charge in [-0.05, 0) is 30.7 Å². The van der Waals surface area contributed by atoms with Crippen molar-refractivity contribution < 1.29 is 9.13 Å². The van der Waals surface area contributed by atoms with Gasteiger partial charge >= 0.3 is 0 Å². The van der Waals surface area contributed by atoms with Gasteiger partial charge in [0.15, 0.2) is 11.6 Å². The Labute approximate surface area is 123 Å². The van der Waals surface area contributed by atoms with Crippen LogP contribution in [0.25, 0.3) is 0 Å². The minimum absolute atomic E-state index is 0.0827. The highest BCUT2D eigenvalue weighted by Crippen LogP contribution is 2.21. The summed E-state index contributed by atoms with van der Waals surface area (Å²) in [6.45, 7) is 2.44. The van der Waals surface area contributed by atoms with Crippen LogP contribution in [0.4, 0.5) is 4.39 Å². The van der Waals surface area contributed by atoms with Crippen LogP contribution >= 0.6 is 11.6 Å². The van der Waals surface area contributed by atoms with Crippen molar-refractivity contribution in [1.29, 1.82) is 0 Å². The van der Waals surface area contributed by atoms with Crippen molar-refractivity contribution >= 4 is 11.6 Å². The molecular weight excluding hydrogens is 277 g/mol. The molecule has 0 fully saturated rings. The molecule has 106 valence electrons. The van der Waals surface area contributed by atoms with Crippen LogP contribution in [0, 0.1) is 5.82 Å². The van der Waals surface area contributed by atoms with Gasteiger partial charge in [-0.25, -0.2) is 4.39 Å². The minimum atomic E-state index is -0.319. The maximum Gasteiger partial charge on any atom is 0.169 e. The summed E-state index contributed by atoms with van der Waals surface area (Å²) in [6, 6.07) is 12.9. The Bertz CT molecular complexity index is 588. The van der Waals surface area contributed by atoms with E-state index >= 15 is 0 Å². The second-order valence-electron chi connectivity index (χ2n) is 4.59. The number of hydrogen-bond acceptors (Lipinski definition) is 2. The smallest absolute Gasteiger partial charge is 0.169 e. The van der Waals surface area contributed by atoms with Gasteiger partial charge in [-0.2, -0.15) is 0 Å². The molecule has 0 aliphatic heterocycles. The van der Waals surface area contributed by atoms with Crippen LogP contribution in [0.1, 0.15) is 24.1 Å². The lowest BCUT2D eigenvalue weighted by atomic mass is 10.1. The monoisotopic (exact) mass is 293 g/mol. The molecule has 0 saturated carbocycles. The maximum absolute atomic E-state index is 14.0. The van der Waals surface area contributed by atoms with Crippen molar-refractivity contribution in [3.8, 4) is 5.75 Å². The molecule has 2 aromatic rings. The summed E-state index contributed by atoms with van der Waals surface area (Å²) in [5.41, 5.74) is 1.65. The molecule has 0 bridgehead atoms. The molecule has 0 aliphatic rings. The lowest BCUT2D eigenvalue weighted by molar-refractivity contribution is 0.382. The first-order valence-electron chi connectivity index (χ1n) is 6.42. The summed E-state index contributed by atoms with van der Waals surface area (Å²) in [4.78, 5) is 0. The molecule has 2 nitrogen and oxygen atoms in total. The highest BCUT2D eigenvalue weighted by atomic mass is 35.5. The van der Waals surface area contributed by atoms with Gasteiger partial charge in [0.2, 0.25) is 0 Å². The van der Waals surface area contributed by atoms with Crippen molar-refractivity contribution in [3.63, 3.8) is 0 Å². The van der Waals surface area contributed by atoms with Crippen LogP contribution in [0.15, 0.2) is 42.5 Å². The van der Waals surface area contributed by atoms with E-state index in [4.69, 9.17) is 16.3 Å². The lowest BCUT2D eigenvalue weighted by Crippen LogP contribution is -2.18. The molecule has 2 aromatic carbocycles. The fourth-order valence-corrected chi connectivity index (χ4v) is 2.21. The zero-order valence-electron chi connectivity index (χ0n) is 11.5. The normalized spacial score (nSPS) is 12.2. The minimum Gasteiger partial charge on any atom is -0.494 e. The van der Waals surface area contributed by atoms with Gasteiger partial charge in [0.1, 0.15) is 0 Å². The number of halogens is 2. The lowest BCUT2D eigenvalue weighted by Gasteiger charge is -2.15. The molecule has 0 aliphatic carbocycles. The molecule has 0 aromatic heterocycles. The predicted octanol–water partition coefficient (Wildman–Crippen LogP) is 4.34. The van der Waals surface area contributed by atoms with Crippen LogP contribution in [-0.4, -0.2) is 7.11 Å². The van der Waals surface area contributed by atoms with Crippen molar-refractivity contribution in [1.82, 2.24) is 5.32 Å². The van der Waals surface area contributed by atoms with E-state index in [-0.39, 0.29) is 17.6 Å². The molecule has 20 heavy (non-hydrogen) atoms. The molecule has 0 heterocycles. The fourth-order valence-electron chi connectivity index (χ4n) is 2.01. The van der Waals surface area contributed by atoms with Crippen LogP contribution in [0.2, 0.25) is 5.02 Å². The number of rotatable bonds is 5. The van der Waals surface area contributed by atoms with Crippen molar-refractivity contribution in [2.75, 3.05) is 7.11 Å². The summed E-state index contributed by atoms with van der Waals surface area (Å²) in [5, 5.41) is 3.98. The van der Waals surface area contributed by atoms with Crippen LogP contribution in [-0.2, 0) is 6.54 Å². The first-order valence-corrected chi connectivity index (χ1v) is 6.80. The molecule has 2 rings (SSSR count). The number of methoxy groups -OCH3 is 1. The summed E-state index contributed by atoms with van der Waals surface area (Å²) in [5.74, 6) is -0.0551. The van der Waals surface area contributed by atoms with Crippen molar-refractivity contribution in [2.24, 2.45) is 0 Å².